The fourth-order valence-corrected chi connectivity index (χ4v) is 5.77. The molecule has 37 heavy (non-hydrogen) atoms. The van der Waals surface area contributed by atoms with Crippen LogP contribution in [0.25, 0.3) is 6.08 Å². The minimum Gasteiger partial charge on any atom is -0.493 e. The highest BCUT2D eigenvalue weighted by atomic mass is 32.1. The summed E-state index contributed by atoms with van der Waals surface area (Å²) in [4.78, 5) is 33.1. The second-order valence-corrected chi connectivity index (χ2v) is 10.3. The van der Waals surface area contributed by atoms with Crippen molar-refractivity contribution in [2.45, 2.75) is 32.7 Å². The number of fused-ring (bicyclic) bond motifs is 1. The van der Waals surface area contributed by atoms with Crippen molar-refractivity contribution in [2.75, 3.05) is 34.0 Å². The monoisotopic (exact) mass is 542 g/mol. The summed E-state index contributed by atoms with van der Waals surface area (Å²) in [7, 11) is 3.11. The van der Waals surface area contributed by atoms with Crippen LogP contribution in [-0.4, -0.2) is 44.6 Å². The average molecular weight is 543 g/mol. The highest BCUT2D eigenvalue weighted by Gasteiger charge is 2.34. The van der Waals surface area contributed by atoms with Gasteiger partial charge in [0.25, 0.3) is 5.56 Å². The molecule has 1 aromatic carbocycles. The number of hydrogen-bond acceptors (Lipinski definition) is 9. The number of methoxy groups -OCH3 is 2. The van der Waals surface area contributed by atoms with Gasteiger partial charge >= 0.3 is 5.97 Å². The molecule has 1 unspecified atom stereocenters. The molecule has 3 heterocycles. The molecule has 1 aliphatic heterocycles. The molecule has 1 aliphatic rings. The maximum Gasteiger partial charge on any atom is 0.338 e. The Morgan fingerprint density at radius 2 is 2.00 bits per heavy atom. The molecule has 2 aromatic heterocycles. The molecule has 4 rings (SSSR count). The molecule has 0 saturated carbocycles. The Morgan fingerprint density at radius 3 is 2.70 bits per heavy atom. The van der Waals surface area contributed by atoms with Crippen LogP contribution in [0.1, 0.15) is 43.2 Å². The lowest BCUT2D eigenvalue weighted by Gasteiger charge is -2.25. The first kappa shape index (κ1) is 26.8. The van der Waals surface area contributed by atoms with Gasteiger partial charge in [-0.1, -0.05) is 36.8 Å². The van der Waals surface area contributed by atoms with Crippen LogP contribution in [0.4, 0.5) is 0 Å². The molecule has 0 fully saturated rings. The third-order valence-electron chi connectivity index (χ3n) is 5.84. The summed E-state index contributed by atoms with van der Waals surface area (Å²) in [6.07, 6.45) is 3.79. The second kappa shape index (κ2) is 12.4. The molecule has 0 bridgehead atoms. The third kappa shape index (κ3) is 5.87. The number of allylic oxidation sites excluding steroid dienone is 1. The Balaban J connectivity index is 1.85. The van der Waals surface area contributed by atoms with Gasteiger partial charge in [0, 0.05) is 12.0 Å². The van der Waals surface area contributed by atoms with Crippen molar-refractivity contribution in [3.63, 3.8) is 0 Å². The van der Waals surface area contributed by atoms with Crippen LogP contribution in [0.15, 0.2) is 56.8 Å². The van der Waals surface area contributed by atoms with Crippen LogP contribution in [0, 0.1) is 0 Å². The van der Waals surface area contributed by atoms with E-state index in [1.54, 1.807) is 29.9 Å². The molecule has 0 radical (unpaired) electrons. The number of rotatable bonds is 11. The lowest BCUT2D eigenvalue weighted by molar-refractivity contribution is -0.140. The van der Waals surface area contributed by atoms with Gasteiger partial charge in [0.05, 0.1) is 42.2 Å². The van der Waals surface area contributed by atoms with Gasteiger partial charge in [0.15, 0.2) is 16.3 Å². The zero-order valence-corrected chi connectivity index (χ0v) is 22.9. The fourth-order valence-electron chi connectivity index (χ4n) is 4.00. The van der Waals surface area contributed by atoms with Crippen molar-refractivity contribution >= 4 is 34.7 Å². The van der Waals surface area contributed by atoms with Gasteiger partial charge in [-0.25, -0.2) is 9.79 Å². The number of benzene rings is 1. The molecule has 196 valence electrons. The minimum atomic E-state index is -0.740. The van der Waals surface area contributed by atoms with Crippen molar-refractivity contribution in [3.05, 3.63) is 77.1 Å². The van der Waals surface area contributed by atoms with E-state index in [0.29, 0.717) is 44.3 Å². The number of unbranched alkanes of at least 4 members (excludes halogenated alkanes) is 1. The predicted octanol–water partition coefficient (Wildman–Crippen LogP) is 3.67. The maximum atomic E-state index is 13.7. The van der Waals surface area contributed by atoms with Crippen molar-refractivity contribution in [3.8, 4) is 11.5 Å². The number of nitrogens with zero attached hydrogens (tertiary/aromatic N) is 2. The zero-order valence-electron chi connectivity index (χ0n) is 21.3. The molecular weight excluding hydrogens is 512 g/mol. The number of thiophene rings is 1. The summed E-state index contributed by atoms with van der Waals surface area (Å²) in [6.45, 7) is 4.78. The average Bonchev–Trinajstić information content (AvgIpc) is 3.51. The van der Waals surface area contributed by atoms with E-state index in [0.717, 1.165) is 17.7 Å². The van der Waals surface area contributed by atoms with Crippen LogP contribution in [0.2, 0.25) is 0 Å². The third-order valence-corrected chi connectivity index (χ3v) is 7.64. The van der Waals surface area contributed by atoms with E-state index in [2.05, 4.69) is 11.9 Å². The van der Waals surface area contributed by atoms with E-state index in [9.17, 15) is 9.59 Å². The number of thiazole rings is 1. The first-order valence-electron chi connectivity index (χ1n) is 12.0. The van der Waals surface area contributed by atoms with Crippen molar-refractivity contribution < 1.29 is 23.7 Å². The fraction of sp³-hybridized carbons (Fsp3) is 0.370. The Morgan fingerprint density at radius 1 is 1.16 bits per heavy atom. The highest BCUT2D eigenvalue weighted by molar-refractivity contribution is 7.11. The van der Waals surface area contributed by atoms with Crippen LogP contribution < -0.4 is 24.4 Å². The summed E-state index contributed by atoms with van der Waals surface area (Å²) in [5, 5.41) is 1.96. The van der Waals surface area contributed by atoms with Crippen LogP contribution in [0.3, 0.4) is 0 Å². The van der Waals surface area contributed by atoms with Gasteiger partial charge in [-0.15, -0.1) is 11.3 Å². The Kier molecular flexibility index (Phi) is 8.96. The second-order valence-electron chi connectivity index (χ2n) is 8.34. The molecule has 3 aromatic rings. The normalized spacial score (nSPS) is 15.4. The van der Waals surface area contributed by atoms with E-state index in [1.165, 1.54) is 18.4 Å². The number of ether oxygens (including phenoxy) is 4. The SMILES string of the molecule is CCCCOc1ccc(C2C(C(=O)OCCOC)=C(C)N=c3sc(=Cc4cccs4)c(=O)n32)cc1OC. The van der Waals surface area contributed by atoms with Crippen LogP contribution in [-0.2, 0) is 14.3 Å². The molecule has 0 spiro atoms. The maximum absolute atomic E-state index is 13.7. The number of esters is 1. The topological polar surface area (TPSA) is 88.4 Å². The number of carbonyl (C=O) groups is 1. The molecular formula is C27H30N2O6S2. The van der Waals surface area contributed by atoms with Crippen molar-refractivity contribution in [1.29, 1.82) is 0 Å². The summed E-state index contributed by atoms with van der Waals surface area (Å²) in [6, 6.07) is 8.62. The predicted molar refractivity (Wildman–Crippen MR) is 144 cm³/mol. The summed E-state index contributed by atoms with van der Waals surface area (Å²) in [5.74, 6) is 0.587. The summed E-state index contributed by atoms with van der Waals surface area (Å²) in [5.41, 5.74) is 1.27. The van der Waals surface area contributed by atoms with Gasteiger partial charge in [-0.05, 0) is 48.6 Å². The highest BCUT2D eigenvalue weighted by Crippen LogP contribution is 2.36. The van der Waals surface area contributed by atoms with Gasteiger partial charge in [0.1, 0.15) is 6.61 Å². The number of hydrogen-bond donors (Lipinski definition) is 0. The largest absolute Gasteiger partial charge is 0.493 e. The smallest absolute Gasteiger partial charge is 0.338 e. The molecule has 0 amide bonds. The van der Waals surface area contributed by atoms with E-state index in [1.807, 2.05) is 41.8 Å². The summed E-state index contributed by atoms with van der Waals surface area (Å²) < 4.78 is 24.1. The molecule has 8 nitrogen and oxygen atoms in total. The van der Waals surface area contributed by atoms with Crippen molar-refractivity contribution in [1.82, 2.24) is 4.57 Å². The first-order valence-corrected chi connectivity index (χ1v) is 13.7. The van der Waals surface area contributed by atoms with Gasteiger partial charge < -0.3 is 18.9 Å². The summed E-state index contributed by atoms with van der Waals surface area (Å²) >= 11 is 2.84. The Labute approximate surface area is 223 Å². The van der Waals surface area contributed by atoms with E-state index >= 15 is 0 Å². The lowest BCUT2D eigenvalue weighted by Crippen LogP contribution is -2.40. The van der Waals surface area contributed by atoms with Crippen molar-refractivity contribution in [2.24, 2.45) is 4.99 Å². The van der Waals surface area contributed by atoms with E-state index < -0.39 is 12.0 Å². The lowest BCUT2D eigenvalue weighted by atomic mass is 9.95. The first-order chi connectivity index (χ1) is 18.0. The standard InChI is InChI=1S/C27H30N2O6S2/c1-5-6-11-34-20-10-9-18(15-21(20)33-4)24-23(26(31)35-13-12-32-3)17(2)28-27-29(24)25(30)22(37-27)16-19-8-7-14-36-19/h7-10,14-16,24H,5-6,11-13H2,1-4H3. The number of carbonyl (C=O) groups excluding carboxylic acids is 1. The van der Waals surface area contributed by atoms with Gasteiger partial charge in [-0.3, -0.25) is 9.36 Å². The van der Waals surface area contributed by atoms with E-state index in [4.69, 9.17) is 18.9 Å². The minimum absolute atomic E-state index is 0.0924. The zero-order chi connectivity index (χ0) is 26.4. The van der Waals surface area contributed by atoms with Crippen LogP contribution >= 0.6 is 22.7 Å². The Bertz CT molecular complexity index is 1450. The van der Waals surface area contributed by atoms with E-state index in [-0.39, 0.29) is 18.8 Å². The Hall–Kier alpha value is -3.21. The van der Waals surface area contributed by atoms with Gasteiger partial charge in [0.2, 0.25) is 0 Å². The van der Waals surface area contributed by atoms with Crippen LogP contribution in [0.5, 0.6) is 11.5 Å². The molecule has 0 N–H and O–H groups in total. The number of aromatic nitrogens is 1. The molecule has 1 atom stereocenters. The van der Waals surface area contributed by atoms with Gasteiger partial charge in [-0.2, -0.15) is 0 Å². The quantitative estimate of drug-likeness (QED) is 0.271. The molecule has 0 aliphatic carbocycles. The molecule has 0 saturated heterocycles. The molecule has 10 heteroatoms.